The van der Waals surface area contributed by atoms with Crippen LogP contribution in [0.25, 0.3) is 16.7 Å². The Kier molecular flexibility index (Phi) is 7.17. The standard InChI is InChI=1S/C25H31N5O2/c1-2-26-24(31)19-28-15-8-16-29(18-17-28)25(32)14-13-23-27-21-11-6-7-12-22(21)30(23)20-9-4-3-5-10-20/h3-7,9-12H,2,8,13-19H2,1H3,(H,26,31). The number of benzene rings is 2. The van der Waals surface area contributed by atoms with E-state index in [1.165, 1.54) is 0 Å². The lowest BCUT2D eigenvalue weighted by atomic mass is 10.2. The van der Waals surface area contributed by atoms with Gasteiger partial charge in [0.05, 0.1) is 17.6 Å². The van der Waals surface area contributed by atoms with E-state index in [1.54, 1.807) is 0 Å². The average Bonchev–Trinajstić information content (AvgIpc) is 3.02. The second-order valence-corrected chi connectivity index (χ2v) is 8.15. The molecule has 1 aliphatic rings. The number of fused-ring (bicyclic) bond motifs is 1. The molecule has 1 aromatic heterocycles. The quantitative estimate of drug-likeness (QED) is 0.622. The van der Waals surface area contributed by atoms with Crippen LogP contribution >= 0.6 is 0 Å². The number of aromatic nitrogens is 2. The number of carbonyl (C=O) groups is 2. The second-order valence-electron chi connectivity index (χ2n) is 8.15. The van der Waals surface area contributed by atoms with E-state index in [9.17, 15) is 9.59 Å². The SMILES string of the molecule is CCNC(=O)CN1CCCN(C(=O)CCc2nc3ccccc3n2-c2ccccc2)CC1. The molecule has 2 heterocycles. The van der Waals surface area contributed by atoms with E-state index in [0.717, 1.165) is 48.6 Å². The van der Waals surface area contributed by atoms with E-state index in [0.29, 0.717) is 32.5 Å². The first-order valence-corrected chi connectivity index (χ1v) is 11.4. The molecule has 0 saturated carbocycles. The van der Waals surface area contributed by atoms with Crippen LogP contribution < -0.4 is 5.32 Å². The predicted octanol–water partition coefficient (Wildman–Crippen LogP) is 2.63. The normalized spacial score (nSPS) is 15.0. The van der Waals surface area contributed by atoms with E-state index in [4.69, 9.17) is 4.98 Å². The summed E-state index contributed by atoms with van der Waals surface area (Å²) in [4.78, 5) is 33.8. The summed E-state index contributed by atoms with van der Waals surface area (Å²) in [6.07, 6.45) is 1.89. The first-order chi connectivity index (χ1) is 15.7. The highest BCUT2D eigenvalue weighted by molar-refractivity contribution is 5.80. The number of hydrogen-bond donors (Lipinski definition) is 1. The van der Waals surface area contributed by atoms with Crippen LogP contribution in [-0.4, -0.2) is 70.4 Å². The van der Waals surface area contributed by atoms with Crippen LogP contribution in [0, 0.1) is 0 Å². The molecule has 0 atom stereocenters. The minimum Gasteiger partial charge on any atom is -0.355 e. The summed E-state index contributed by atoms with van der Waals surface area (Å²) in [6.45, 7) is 5.93. The van der Waals surface area contributed by atoms with Crippen molar-refractivity contribution in [1.29, 1.82) is 0 Å². The molecule has 1 fully saturated rings. The zero-order chi connectivity index (χ0) is 22.3. The lowest BCUT2D eigenvalue weighted by Crippen LogP contribution is -2.40. The van der Waals surface area contributed by atoms with Crippen molar-refractivity contribution in [2.45, 2.75) is 26.2 Å². The molecule has 1 N–H and O–H groups in total. The van der Waals surface area contributed by atoms with Crippen molar-refractivity contribution in [2.75, 3.05) is 39.3 Å². The molecule has 0 spiro atoms. The lowest BCUT2D eigenvalue weighted by Gasteiger charge is -2.21. The topological polar surface area (TPSA) is 70.5 Å². The third-order valence-electron chi connectivity index (χ3n) is 5.89. The maximum atomic E-state index is 13.0. The summed E-state index contributed by atoms with van der Waals surface area (Å²) in [5, 5.41) is 2.84. The third kappa shape index (κ3) is 5.16. The molecule has 4 rings (SSSR count). The highest BCUT2D eigenvalue weighted by Gasteiger charge is 2.21. The first kappa shape index (κ1) is 22.0. The maximum absolute atomic E-state index is 13.0. The third-order valence-corrected chi connectivity index (χ3v) is 5.89. The van der Waals surface area contributed by atoms with Crippen LogP contribution in [0.2, 0.25) is 0 Å². The van der Waals surface area contributed by atoms with Crippen LogP contribution in [0.1, 0.15) is 25.6 Å². The van der Waals surface area contributed by atoms with Crippen LogP contribution in [0.15, 0.2) is 54.6 Å². The fourth-order valence-corrected chi connectivity index (χ4v) is 4.32. The molecule has 7 nitrogen and oxygen atoms in total. The molecule has 0 aliphatic carbocycles. The van der Waals surface area contributed by atoms with Crippen LogP contribution in [0.3, 0.4) is 0 Å². The molecule has 168 valence electrons. The number of hydrogen-bond acceptors (Lipinski definition) is 4. The largest absolute Gasteiger partial charge is 0.355 e. The smallest absolute Gasteiger partial charge is 0.234 e. The molecule has 1 saturated heterocycles. The van der Waals surface area contributed by atoms with Gasteiger partial charge in [0.15, 0.2) is 0 Å². The van der Waals surface area contributed by atoms with Gasteiger partial charge in [0.2, 0.25) is 11.8 Å². The van der Waals surface area contributed by atoms with Gasteiger partial charge in [-0.1, -0.05) is 30.3 Å². The van der Waals surface area contributed by atoms with E-state index >= 15 is 0 Å². The Hall–Kier alpha value is -3.19. The predicted molar refractivity (Wildman–Crippen MR) is 126 cm³/mol. The van der Waals surface area contributed by atoms with Crippen molar-refractivity contribution in [3.05, 3.63) is 60.4 Å². The number of nitrogens with zero attached hydrogens (tertiary/aromatic N) is 4. The van der Waals surface area contributed by atoms with Gasteiger partial charge in [-0.2, -0.15) is 0 Å². The fourth-order valence-electron chi connectivity index (χ4n) is 4.32. The Morgan fingerprint density at radius 1 is 0.969 bits per heavy atom. The molecule has 0 unspecified atom stereocenters. The van der Waals surface area contributed by atoms with Gasteiger partial charge in [0.1, 0.15) is 5.82 Å². The van der Waals surface area contributed by atoms with Gasteiger partial charge in [0, 0.05) is 51.3 Å². The number of imidazole rings is 1. The van der Waals surface area contributed by atoms with E-state index < -0.39 is 0 Å². The number of likely N-dealkylation sites (N-methyl/N-ethyl adjacent to an activating group) is 1. The van der Waals surface area contributed by atoms with Gasteiger partial charge >= 0.3 is 0 Å². The molecule has 7 heteroatoms. The first-order valence-electron chi connectivity index (χ1n) is 11.4. The Balaban J connectivity index is 1.42. The highest BCUT2D eigenvalue weighted by Crippen LogP contribution is 2.22. The summed E-state index contributed by atoms with van der Waals surface area (Å²) >= 11 is 0. The Bertz CT molecular complexity index is 1060. The van der Waals surface area contributed by atoms with Crippen molar-refractivity contribution >= 4 is 22.8 Å². The average molecular weight is 434 g/mol. The number of nitrogens with one attached hydrogen (secondary N) is 1. The molecular formula is C25H31N5O2. The van der Waals surface area contributed by atoms with Gasteiger partial charge in [-0.05, 0) is 37.6 Å². The molecule has 0 bridgehead atoms. The minimum absolute atomic E-state index is 0.0482. The highest BCUT2D eigenvalue weighted by atomic mass is 16.2. The summed E-state index contributed by atoms with van der Waals surface area (Å²) in [5.41, 5.74) is 3.05. The number of aryl methyl sites for hydroxylation is 1. The molecule has 3 aromatic rings. The van der Waals surface area contributed by atoms with Gasteiger partial charge in [-0.15, -0.1) is 0 Å². The van der Waals surface area contributed by atoms with Gasteiger partial charge in [0.25, 0.3) is 0 Å². The van der Waals surface area contributed by atoms with Gasteiger partial charge < -0.3 is 10.2 Å². The van der Waals surface area contributed by atoms with E-state index in [-0.39, 0.29) is 11.8 Å². The lowest BCUT2D eigenvalue weighted by molar-refractivity contribution is -0.131. The van der Waals surface area contributed by atoms with E-state index in [1.807, 2.05) is 48.2 Å². The van der Waals surface area contributed by atoms with Gasteiger partial charge in [-0.3, -0.25) is 19.1 Å². The monoisotopic (exact) mass is 433 g/mol. The second kappa shape index (κ2) is 10.4. The molecule has 2 aromatic carbocycles. The number of amides is 2. The van der Waals surface area contributed by atoms with Crippen LogP contribution in [0.5, 0.6) is 0 Å². The Labute approximate surface area is 189 Å². The van der Waals surface area contributed by atoms with Crippen molar-refractivity contribution in [3.8, 4) is 5.69 Å². The molecule has 32 heavy (non-hydrogen) atoms. The maximum Gasteiger partial charge on any atom is 0.234 e. The number of carbonyl (C=O) groups excluding carboxylic acids is 2. The van der Waals surface area contributed by atoms with Crippen LogP contribution in [0.4, 0.5) is 0 Å². The minimum atomic E-state index is 0.0482. The van der Waals surface area contributed by atoms with Crippen molar-refractivity contribution in [2.24, 2.45) is 0 Å². The summed E-state index contributed by atoms with van der Waals surface area (Å²) in [6, 6.07) is 18.3. The van der Waals surface area contributed by atoms with E-state index in [2.05, 4.69) is 33.0 Å². The summed E-state index contributed by atoms with van der Waals surface area (Å²) < 4.78 is 2.15. The number of rotatable bonds is 7. The van der Waals surface area contributed by atoms with Crippen molar-refractivity contribution < 1.29 is 9.59 Å². The Morgan fingerprint density at radius 2 is 1.75 bits per heavy atom. The molecular weight excluding hydrogens is 402 g/mol. The molecule has 0 radical (unpaired) electrons. The zero-order valence-corrected chi connectivity index (χ0v) is 18.7. The summed E-state index contributed by atoms with van der Waals surface area (Å²) in [7, 11) is 0. The number of para-hydroxylation sites is 3. The van der Waals surface area contributed by atoms with Crippen molar-refractivity contribution in [3.63, 3.8) is 0 Å². The molecule has 1 aliphatic heterocycles. The van der Waals surface area contributed by atoms with Crippen LogP contribution in [-0.2, 0) is 16.0 Å². The van der Waals surface area contributed by atoms with Crippen molar-refractivity contribution in [1.82, 2.24) is 24.7 Å². The fraction of sp³-hybridized carbons (Fsp3) is 0.400. The zero-order valence-electron chi connectivity index (χ0n) is 18.7. The Morgan fingerprint density at radius 3 is 2.56 bits per heavy atom. The van der Waals surface area contributed by atoms with Gasteiger partial charge in [-0.25, -0.2) is 4.98 Å². The summed E-state index contributed by atoms with van der Waals surface area (Å²) in [5.74, 6) is 1.10. The molecule has 2 amide bonds.